The standard InChI is InChI=1S/C12H12F2N2O4/c1-4-18-12(17)9-7(10(13)14)16-11(20-9)8-5(2)15-6(3)19-8/h10H,4H2,1-3H3. The number of nitrogens with zero attached hydrogens (tertiary/aromatic N) is 2. The maximum absolute atomic E-state index is 12.9. The van der Waals surface area contributed by atoms with Gasteiger partial charge in [-0.15, -0.1) is 0 Å². The van der Waals surface area contributed by atoms with Gasteiger partial charge in [0, 0.05) is 6.92 Å². The van der Waals surface area contributed by atoms with Crippen LogP contribution in [0.3, 0.4) is 0 Å². The Morgan fingerprint density at radius 2 is 2.00 bits per heavy atom. The van der Waals surface area contributed by atoms with Crippen molar-refractivity contribution in [3.8, 4) is 11.7 Å². The lowest BCUT2D eigenvalue weighted by molar-refractivity contribution is 0.0476. The molecule has 0 aliphatic heterocycles. The largest absolute Gasteiger partial charge is 0.460 e. The number of esters is 1. The average Bonchev–Trinajstić information content (AvgIpc) is 2.93. The molecule has 0 radical (unpaired) electrons. The second-order valence-electron chi connectivity index (χ2n) is 3.90. The van der Waals surface area contributed by atoms with E-state index in [2.05, 4.69) is 14.7 Å². The van der Waals surface area contributed by atoms with Crippen molar-refractivity contribution in [1.82, 2.24) is 9.97 Å². The number of hydrogen-bond donors (Lipinski definition) is 0. The highest BCUT2D eigenvalue weighted by Gasteiger charge is 2.29. The average molecular weight is 286 g/mol. The molecular weight excluding hydrogens is 274 g/mol. The smallest absolute Gasteiger partial charge is 0.376 e. The first-order chi connectivity index (χ1) is 9.43. The fraction of sp³-hybridized carbons (Fsp3) is 0.417. The summed E-state index contributed by atoms with van der Waals surface area (Å²) >= 11 is 0. The minimum Gasteiger partial charge on any atom is -0.460 e. The van der Waals surface area contributed by atoms with Crippen molar-refractivity contribution in [3.63, 3.8) is 0 Å². The molecule has 0 aromatic carbocycles. The van der Waals surface area contributed by atoms with E-state index in [1.54, 1.807) is 20.8 Å². The van der Waals surface area contributed by atoms with Gasteiger partial charge in [-0.25, -0.2) is 23.5 Å². The summed E-state index contributed by atoms with van der Waals surface area (Å²) in [6.07, 6.45) is -2.96. The third-order valence-electron chi connectivity index (χ3n) is 2.42. The molecule has 0 saturated carbocycles. The van der Waals surface area contributed by atoms with E-state index in [4.69, 9.17) is 8.83 Å². The number of oxazole rings is 2. The summed E-state index contributed by atoms with van der Waals surface area (Å²) in [6, 6.07) is 0. The van der Waals surface area contributed by atoms with E-state index < -0.39 is 23.8 Å². The van der Waals surface area contributed by atoms with Crippen LogP contribution < -0.4 is 0 Å². The number of aryl methyl sites for hydroxylation is 2. The first-order valence-corrected chi connectivity index (χ1v) is 5.84. The molecule has 20 heavy (non-hydrogen) atoms. The van der Waals surface area contributed by atoms with E-state index in [0.717, 1.165) is 0 Å². The van der Waals surface area contributed by atoms with Crippen molar-refractivity contribution in [1.29, 1.82) is 0 Å². The minimum atomic E-state index is -2.96. The summed E-state index contributed by atoms with van der Waals surface area (Å²) < 4.78 is 40.7. The zero-order chi connectivity index (χ0) is 14.9. The molecule has 2 aromatic rings. The van der Waals surface area contributed by atoms with Gasteiger partial charge in [-0.2, -0.15) is 0 Å². The lowest BCUT2D eigenvalue weighted by atomic mass is 10.3. The number of ether oxygens (including phenoxy) is 1. The number of aromatic nitrogens is 2. The molecule has 8 heteroatoms. The van der Waals surface area contributed by atoms with E-state index in [9.17, 15) is 13.6 Å². The van der Waals surface area contributed by atoms with Gasteiger partial charge in [-0.3, -0.25) is 0 Å². The Kier molecular flexibility index (Phi) is 3.82. The Hall–Kier alpha value is -2.25. The molecule has 0 aliphatic rings. The molecule has 0 N–H and O–H groups in total. The fourth-order valence-corrected chi connectivity index (χ4v) is 1.65. The number of halogens is 2. The lowest BCUT2D eigenvalue weighted by Gasteiger charge is -1.99. The van der Waals surface area contributed by atoms with Crippen molar-refractivity contribution < 1.29 is 27.1 Å². The zero-order valence-corrected chi connectivity index (χ0v) is 11.1. The van der Waals surface area contributed by atoms with Gasteiger partial charge < -0.3 is 13.6 Å². The van der Waals surface area contributed by atoms with E-state index in [-0.39, 0.29) is 18.3 Å². The summed E-state index contributed by atoms with van der Waals surface area (Å²) in [4.78, 5) is 19.2. The molecule has 108 valence electrons. The van der Waals surface area contributed by atoms with Crippen LogP contribution in [-0.4, -0.2) is 22.5 Å². The van der Waals surface area contributed by atoms with Crippen LogP contribution in [0, 0.1) is 13.8 Å². The molecule has 0 saturated heterocycles. The van der Waals surface area contributed by atoms with Crippen molar-refractivity contribution in [3.05, 3.63) is 23.0 Å². The van der Waals surface area contributed by atoms with Crippen LogP contribution in [0.1, 0.15) is 41.2 Å². The number of alkyl halides is 2. The predicted molar refractivity (Wildman–Crippen MR) is 62.4 cm³/mol. The summed E-state index contributed by atoms with van der Waals surface area (Å²) in [5.41, 5.74) is -0.341. The Bertz CT molecular complexity index is 633. The molecule has 0 unspecified atom stereocenters. The summed E-state index contributed by atoms with van der Waals surface area (Å²) in [5.74, 6) is -1.38. The Morgan fingerprint density at radius 3 is 2.50 bits per heavy atom. The van der Waals surface area contributed by atoms with Gasteiger partial charge in [0.05, 0.1) is 12.3 Å². The van der Waals surface area contributed by atoms with Crippen LogP contribution in [0.5, 0.6) is 0 Å². The fourth-order valence-electron chi connectivity index (χ4n) is 1.65. The molecule has 2 rings (SSSR count). The topological polar surface area (TPSA) is 78.4 Å². The van der Waals surface area contributed by atoms with E-state index in [1.165, 1.54) is 0 Å². The van der Waals surface area contributed by atoms with Crippen molar-refractivity contribution in [2.45, 2.75) is 27.2 Å². The molecule has 0 atom stereocenters. The zero-order valence-electron chi connectivity index (χ0n) is 11.1. The number of rotatable bonds is 4. The Morgan fingerprint density at radius 1 is 1.30 bits per heavy atom. The molecule has 0 fully saturated rings. The van der Waals surface area contributed by atoms with E-state index >= 15 is 0 Å². The first kappa shape index (κ1) is 14.2. The molecule has 0 amide bonds. The van der Waals surface area contributed by atoms with Crippen LogP contribution in [0.2, 0.25) is 0 Å². The molecule has 6 nitrogen and oxygen atoms in total. The monoisotopic (exact) mass is 286 g/mol. The third kappa shape index (κ3) is 2.54. The first-order valence-electron chi connectivity index (χ1n) is 5.84. The maximum atomic E-state index is 12.9. The SMILES string of the molecule is CCOC(=O)c1oc(-c2oc(C)nc2C)nc1C(F)F. The van der Waals surface area contributed by atoms with Gasteiger partial charge in [-0.05, 0) is 13.8 Å². The molecule has 0 bridgehead atoms. The van der Waals surface area contributed by atoms with Crippen molar-refractivity contribution in [2.75, 3.05) is 6.61 Å². The van der Waals surface area contributed by atoms with Crippen LogP contribution in [0.15, 0.2) is 8.83 Å². The van der Waals surface area contributed by atoms with Gasteiger partial charge in [0.1, 0.15) is 0 Å². The highest BCUT2D eigenvalue weighted by molar-refractivity contribution is 5.88. The third-order valence-corrected chi connectivity index (χ3v) is 2.42. The van der Waals surface area contributed by atoms with Gasteiger partial charge >= 0.3 is 5.97 Å². The minimum absolute atomic E-state index is 0.0397. The van der Waals surface area contributed by atoms with Gasteiger partial charge in [0.15, 0.2) is 11.6 Å². The summed E-state index contributed by atoms with van der Waals surface area (Å²) in [7, 11) is 0. The van der Waals surface area contributed by atoms with Crippen molar-refractivity contribution in [2.24, 2.45) is 0 Å². The number of hydrogen-bond acceptors (Lipinski definition) is 6. The highest BCUT2D eigenvalue weighted by Crippen LogP contribution is 2.30. The van der Waals surface area contributed by atoms with Gasteiger partial charge in [-0.1, -0.05) is 0 Å². The second-order valence-corrected chi connectivity index (χ2v) is 3.90. The highest BCUT2D eigenvalue weighted by atomic mass is 19.3. The van der Waals surface area contributed by atoms with Gasteiger partial charge in [0.25, 0.3) is 12.3 Å². The van der Waals surface area contributed by atoms with Gasteiger partial charge in [0.2, 0.25) is 11.5 Å². The van der Waals surface area contributed by atoms with Crippen LogP contribution in [-0.2, 0) is 4.74 Å². The predicted octanol–water partition coefficient (Wildman–Crippen LogP) is 3.06. The molecule has 2 aromatic heterocycles. The van der Waals surface area contributed by atoms with Crippen LogP contribution >= 0.6 is 0 Å². The molecule has 2 heterocycles. The molecule has 0 aliphatic carbocycles. The van der Waals surface area contributed by atoms with Crippen molar-refractivity contribution >= 4 is 5.97 Å². The normalized spacial score (nSPS) is 11.1. The summed E-state index contributed by atoms with van der Waals surface area (Å²) in [6.45, 7) is 4.81. The Balaban J connectivity index is 2.49. The summed E-state index contributed by atoms with van der Waals surface area (Å²) in [5, 5.41) is 0. The second kappa shape index (κ2) is 5.40. The van der Waals surface area contributed by atoms with Crippen LogP contribution in [0.4, 0.5) is 8.78 Å². The van der Waals surface area contributed by atoms with Crippen LogP contribution in [0.25, 0.3) is 11.7 Å². The quantitative estimate of drug-likeness (QED) is 0.804. The number of carbonyl (C=O) groups is 1. The molecular formula is C12H12F2N2O4. The Labute approximate surface area is 112 Å². The number of carbonyl (C=O) groups excluding carboxylic acids is 1. The maximum Gasteiger partial charge on any atom is 0.376 e. The van der Waals surface area contributed by atoms with E-state index in [0.29, 0.717) is 11.6 Å². The van der Waals surface area contributed by atoms with E-state index in [1.807, 2.05) is 0 Å². The lowest BCUT2D eigenvalue weighted by Crippen LogP contribution is -2.06. The molecule has 0 spiro atoms.